The van der Waals surface area contributed by atoms with Crippen molar-refractivity contribution in [3.05, 3.63) is 89.0 Å². The number of benzene rings is 2. The fourth-order valence-corrected chi connectivity index (χ4v) is 4.64. The standard InChI is InChI=1S/C22H13ClF4N6O2S/c23-12-1-5-17-18(7-12)36-20(30-17)35-14-3-6-19(28-9-14)22(26,27)21(34,10-33-11-29-31-32-33)15-4-2-13(24)8-16(15)25/h1-9,11,34H,10H2. The molecule has 1 N–H and O–H groups in total. The van der Waals surface area contributed by atoms with Crippen LogP contribution in [0, 0.1) is 11.6 Å². The van der Waals surface area contributed by atoms with Crippen LogP contribution in [-0.4, -0.2) is 35.3 Å². The van der Waals surface area contributed by atoms with Gasteiger partial charge in [-0.1, -0.05) is 22.9 Å². The molecule has 5 aromatic rings. The third-order valence-electron chi connectivity index (χ3n) is 5.27. The van der Waals surface area contributed by atoms with Crippen LogP contribution in [0.15, 0.2) is 61.1 Å². The molecule has 1 atom stereocenters. The van der Waals surface area contributed by atoms with Crippen molar-refractivity contribution in [2.45, 2.75) is 18.1 Å². The first-order valence-electron chi connectivity index (χ1n) is 10.1. The highest BCUT2D eigenvalue weighted by Crippen LogP contribution is 2.47. The summed E-state index contributed by atoms with van der Waals surface area (Å²) in [7, 11) is 0. The number of tetrazole rings is 1. The van der Waals surface area contributed by atoms with Crippen molar-refractivity contribution < 1.29 is 27.4 Å². The predicted molar refractivity (Wildman–Crippen MR) is 121 cm³/mol. The Morgan fingerprint density at radius 1 is 1.08 bits per heavy atom. The van der Waals surface area contributed by atoms with Gasteiger partial charge in [-0.3, -0.25) is 4.98 Å². The van der Waals surface area contributed by atoms with Crippen LogP contribution < -0.4 is 4.74 Å². The number of hydrogen-bond donors (Lipinski definition) is 1. The van der Waals surface area contributed by atoms with E-state index in [1.807, 2.05) is 0 Å². The molecule has 8 nitrogen and oxygen atoms in total. The molecule has 0 saturated carbocycles. The number of aliphatic hydroxyl groups is 1. The number of nitrogens with zero attached hydrogens (tertiary/aromatic N) is 6. The number of thiazole rings is 1. The summed E-state index contributed by atoms with van der Waals surface area (Å²) in [5.41, 5.74) is -4.35. The number of rotatable bonds is 7. The quantitative estimate of drug-likeness (QED) is 0.290. The second kappa shape index (κ2) is 9.08. The molecule has 0 bridgehead atoms. The van der Waals surface area contributed by atoms with Crippen LogP contribution in [0.25, 0.3) is 10.2 Å². The summed E-state index contributed by atoms with van der Waals surface area (Å²) in [6.45, 7) is -0.955. The second-order valence-electron chi connectivity index (χ2n) is 7.64. The van der Waals surface area contributed by atoms with Gasteiger partial charge in [0.1, 0.15) is 29.4 Å². The number of aromatic nitrogens is 6. The smallest absolute Gasteiger partial charge is 0.323 e. The summed E-state index contributed by atoms with van der Waals surface area (Å²) in [6.07, 6.45) is 1.98. The Morgan fingerprint density at radius 2 is 1.92 bits per heavy atom. The molecule has 0 amide bonds. The predicted octanol–water partition coefficient (Wildman–Crippen LogP) is 5.08. The van der Waals surface area contributed by atoms with Crippen molar-refractivity contribution in [3.8, 4) is 10.9 Å². The maximum absolute atomic E-state index is 15.8. The maximum atomic E-state index is 15.8. The number of hydrogen-bond acceptors (Lipinski definition) is 8. The van der Waals surface area contributed by atoms with Crippen molar-refractivity contribution >= 4 is 33.2 Å². The van der Waals surface area contributed by atoms with Crippen LogP contribution in [0.4, 0.5) is 17.6 Å². The molecule has 0 aliphatic rings. The zero-order valence-corrected chi connectivity index (χ0v) is 19.4. The van der Waals surface area contributed by atoms with Crippen molar-refractivity contribution in [1.29, 1.82) is 0 Å². The average molecular weight is 537 g/mol. The molecule has 0 aliphatic heterocycles. The van der Waals surface area contributed by atoms with E-state index in [4.69, 9.17) is 16.3 Å². The van der Waals surface area contributed by atoms with E-state index in [0.29, 0.717) is 16.6 Å². The molecule has 3 aromatic heterocycles. The third-order valence-corrected chi connectivity index (χ3v) is 6.40. The monoisotopic (exact) mass is 536 g/mol. The van der Waals surface area contributed by atoms with Gasteiger partial charge in [-0.05, 0) is 52.9 Å². The van der Waals surface area contributed by atoms with Gasteiger partial charge in [-0.15, -0.1) is 5.10 Å². The van der Waals surface area contributed by atoms with Crippen LogP contribution in [0.3, 0.4) is 0 Å². The molecule has 36 heavy (non-hydrogen) atoms. The first-order chi connectivity index (χ1) is 17.2. The fraction of sp³-hybridized carbons (Fsp3) is 0.136. The van der Waals surface area contributed by atoms with Crippen molar-refractivity contribution in [2.75, 3.05) is 0 Å². The summed E-state index contributed by atoms with van der Waals surface area (Å²) < 4.78 is 66.8. The van der Waals surface area contributed by atoms with Crippen LogP contribution >= 0.6 is 22.9 Å². The minimum Gasteiger partial charge on any atom is -0.429 e. The molecule has 5 rings (SSSR count). The molecule has 0 fully saturated rings. The Labute approximate surface area is 208 Å². The minimum absolute atomic E-state index is 0.0941. The Hall–Kier alpha value is -3.68. The number of pyridine rings is 1. The van der Waals surface area contributed by atoms with E-state index in [9.17, 15) is 13.9 Å². The highest BCUT2D eigenvalue weighted by molar-refractivity contribution is 7.20. The van der Waals surface area contributed by atoms with Crippen LogP contribution in [0.1, 0.15) is 11.3 Å². The van der Waals surface area contributed by atoms with E-state index in [1.54, 1.807) is 18.2 Å². The zero-order chi connectivity index (χ0) is 25.5. The van der Waals surface area contributed by atoms with Gasteiger partial charge in [0.25, 0.3) is 5.19 Å². The van der Waals surface area contributed by atoms with Gasteiger partial charge in [0, 0.05) is 16.7 Å². The molecule has 0 saturated heterocycles. The van der Waals surface area contributed by atoms with E-state index in [-0.39, 0.29) is 10.9 Å². The number of fused-ring (bicyclic) bond motifs is 1. The summed E-state index contributed by atoms with van der Waals surface area (Å²) in [5, 5.41) is 22.1. The Morgan fingerprint density at radius 3 is 2.61 bits per heavy atom. The van der Waals surface area contributed by atoms with E-state index in [1.165, 1.54) is 17.4 Å². The van der Waals surface area contributed by atoms with Crippen LogP contribution in [-0.2, 0) is 18.1 Å². The molecule has 0 spiro atoms. The molecule has 2 aromatic carbocycles. The first kappa shape index (κ1) is 24.0. The SMILES string of the molecule is OC(Cn1cnnn1)(c1ccc(F)cc1F)C(F)(F)c1ccc(Oc2nc3ccc(Cl)cc3s2)cn1. The molecule has 3 heterocycles. The second-order valence-corrected chi connectivity index (χ2v) is 9.07. The highest BCUT2D eigenvalue weighted by atomic mass is 35.5. The van der Waals surface area contributed by atoms with Crippen molar-refractivity contribution in [3.63, 3.8) is 0 Å². The van der Waals surface area contributed by atoms with Gasteiger partial charge in [0.05, 0.1) is 23.0 Å². The van der Waals surface area contributed by atoms with Crippen molar-refractivity contribution in [1.82, 2.24) is 30.2 Å². The molecule has 14 heteroatoms. The zero-order valence-electron chi connectivity index (χ0n) is 17.8. The average Bonchev–Trinajstić information content (AvgIpc) is 3.48. The van der Waals surface area contributed by atoms with Crippen molar-refractivity contribution in [2.24, 2.45) is 0 Å². The van der Waals surface area contributed by atoms with Gasteiger partial charge in [0.2, 0.25) is 0 Å². The molecule has 1 unspecified atom stereocenters. The lowest BCUT2D eigenvalue weighted by Gasteiger charge is -2.35. The molecular formula is C22H13ClF4N6O2S. The van der Waals surface area contributed by atoms with E-state index >= 15 is 8.78 Å². The Kier molecular flexibility index (Phi) is 6.06. The fourth-order valence-electron chi connectivity index (χ4n) is 3.53. The van der Waals surface area contributed by atoms with Gasteiger partial charge < -0.3 is 9.84 Å². The van der Waals surface area contributed by atoms with Gasteiger partial charge >= 0.3 is 5.92 Å². The molecule has 184 valence electrons. The summed E-state index contributed by atoms with van der Waals surface area (Å²) >= 11 is 7.17. The molecule has 0 radical (unpaired) electrons. The number of alkyl halides is 2. The number of halogens is 5. The lowest BCUT2D eigenvalue weighted by molar-refractivity contribution is -0.207. The van der Waals surface area contributed by atoms with E-state index in [2.05, 4.69) is 25.5 Å². The summed E-state index contributed by atoms with van der Waals surface area (Å²) in [4.78, 5) is 8.03. The van der Waals surface area contributed by atoms with E-state index in [0.717, 1.165) is 40.1 Å². The first-order valence-corrected chi connectivity index (χ1v) is 11.3. The maximum Gasteiger partial charge on any atom is 0.323 e. The summed E-state index contributed by atoms with van der Waals surface area (Å²) in [5.74, 6) is -6.46. The van der Waals surface area contributed by atoms with Gasteiger partial charge in [-0.2, -0.15) is 8.78 Å². The molecule has 0 aliphatic carbocycles. The Bertz CT molecular complexity index is 1530. The highest BCUT2D eigenvalue weighted by Gasteiger charge is 2.58. The van der Waals surface area contributed by atoms with E-state index < -0.39 is 41.0 Å². The van der Waals surface area contributed by atoms with Crippen LogP contribution in [0.5, 0.6) is 10.9 Å². The van der Waals surface area contributed by atoms with Gasteiger partial charge in [-0.25, -0.2) is 18.4 Å². The Balaban J connectivity index is 1.48. The normalized spacial score (nSPS) is 13.6. The van der Waals surface area contributed by atoms with Gasteiger partial charge in [0.15, 0.2) is 5.60 Å². The topological polar surface area (TPSA) is 98.8 Å². The minimum atomic E-state index is -4.18. The van der Waals surface area contributed by atoms with Crippen LogP contribution in [0.2, 0.25) is 5.02 Å². The lowest BCUT2D eigenvalue weighted by Crippen LogP contribution is -2.48. The number of ether oxygens (including phenoxy) is 1. The largest absolute Gasteiger partial charge is 0.429 e. The molecular weight excluding hydrogens is 524 g/mol. The summed E-state index contributed by atoms with van der Waals surface area (Å²) in [6, 6.07) is 9.11. The third kappa shape index (κ3) is 4.36. The lowest BCUT2D eigenvalue weighted by atomic mass is 9.84.